The van der Waals surface area contributed by atoms with Crippen molar-refractivity contribution in [3.63, 3.8) is 0 Å². The Kier molecular flexibility index (Phi) is 5.10. The normalized spacial score (nSPS) is 10.2. The van der Waals surface area contributed by atoms with Crippen molar-refractivity contribution in [1.82, 2.24) is 9.97 Å². The maximum absolute atomic E-state index is 8.78. The van der Waals surface area contributed by atoms with Gasteiger partial charge in [-0.1, -0.05) is 13.8 Å². The van der Waals surface area contributed by atoms with Gasteiger partial charge in [0.2, 0.25) is 0 Å². The van der Waals surface area contributed by atoms with E-state index in [0.29, 0.717) is 11.5 Å². The van der Waals surface area contributed by atoms with Gasteiger partial charge in [-0.05, 0) is 36.6 Å². The Labute approximate surface area is 125 Å². The van der Waals surface area contributed by atoms with Crippen LogP contribution in [0.2, 0.25) is 0 Å². The molecule has 1 aromatic heterocycles. The average molecular weight is 281 g/mol. The van der Waals surface area contributed by atoms with Crippen LogP contribution in [0.4, 0.5) is 17.3 Å². The lowest BCUT2D eigenvalue weighted by Crippen LogP contribution is -2.06. The molecule has 0 atom stereocenters. The van der Waals surface area contributed by atoms with Crippen LogP contribution in [0.1, 0.15) is 25.8 Å². The van der Waals surface area contributed by atoms with Crippen molar-refractivity contribution in [2.45, 2.75) is 20.3 Å². The van der Waals surface area contributed by atoms with Gasteiger partial charge in [0.15, 0.2) is 0 Å². The summed E-state index contributed by atoms with van der Waals surface area (Å²) in [6, 6.07) is 11.2. The third kappa shape index (κ3) is 4.77. The Morgan fingerprint density at radius 1 is 1.14 bits per heavy atom. The number of rotatable bonds is 6. The van der Waals surface area contributed by atoms with E-state index >= 15 is 0 Å². The highest BCUT2D eigenvalue weighted by Gasteiger charge is 2.00. The molecule has 2 N–H and O–H groups in total. The van der Waals surface area contributed by atoms with Crippen molar-refractivity contribution in [2.24, 2.45) is 5.92 Å². The van der Waals surface area contributed by atoms with E-state index in [0.717, 1.165) is 30.3 Å². The Bertz CT molecular complexity index is 613. The van der Waals surface area contributed by atoms with Crippen LogP contribution in [0, 0.1) is 17.2 Å². The van der Waals surface area contributed by atoms with E-state index in [4.69, 9.17) is 5.26 Å². The molecular formula is C16H19N5. The number of hydrogen-bond acceptors (Lipinski definition) is 5. The summed E-state index contributed by atoms with van der Waals surface area (Å²) >= 11 is 0. The summed E-state index contributed by atoms with van der Waals surface area (Å²) in [5.41, 5.74) is 1.53. The van der Waals surface area contributed by atoms with Gasteiger partial charge in [0.1, 0.15) is 18.0 Å². The second kappa shape index (κ2) is 7.25. The number of nitrogens with zero attached hydrogens (tertiary/aromatic N) is 3. The fraction of sp³-hybridized carbons (Fsp3) is 0.312. The number of aromatic nitrogens is 2. The van der Waals surface area contributed by atoms with Crippen LogP contribution in [-0.2, 0) is 0 Å². The second-order valence-electron chi connectivity index (χ2n) is 5.21. The van der Waals surface area contributed by atoms with Crippen LogP contribution in [0.3, 0.4) is 0 Å². The molecule has 0 radical (unpaired) electrons. The third-order valence-corrected chi connectivity index (χ3v) is 2.98. The molecule has 0 spiro atoms. The van der Waals surface area contributed by atoms with Crippen molar-refractivity contribution in [3.8, 4) is 6.07 Å². The van der Waals surface area contributed by atoms with Gasteiger partial charge >= 0.3 is 0 Å². The first-order valence-electron chi connectivity index (χ1n) is 7.00. The molecule has 2 aromatic rings. The molecule has 0 bridgehead atoms. The highest BCUT2D eigenvalue weighted by atomic mass is 15.1. The monoisotopic (exact) mass is 281 g/mol. The SMILES string of the molecule is CC(C)CCNc1cc(Nc2ccc(C#N)cc2)ncn1. The molecule has 0 amide bonds. The molecule has 0 aliphatic rings. The van der Waals surface area contributed by atoms with Crippen LogP contribution < -0.4 is 10.6 Å². The van der Waals surface area contributed by atoms with Gasteiger partial charge in [0.05, 0.1) is 11.6 Å². The molecule has 2 rings (SSSR count). The van der Waals surface area contributed by atoms with Crippen LogP contribution in [-0.4, -0.2) is 16.5 Å². The van der Waals surface area contributed by atoms with E-state index in [-0.39, 0.29) is 0 Å². The zero-order chi connectivity index (χ0) is 15.1. The molecule has 0 saturated heterocycles. The van der Waals surface area contributed by atoms with Gasteiger partial charge in [-0.3, -0.25) is 0 Å². The maximum Gasteiger partial charge on any atom is 0.135 e. The predicted octanol–water partition coefficient (Wildman–Crippen LogP) is 3.55. The molecule has 1 aromatic carbocycles. The van der Waals surface area contributed by atoms with E-state index in [1.807, 2.05) is 18.2 Å². The molecule has 21 heavy (non-hydrogen) atoms. The van der Waals surface area contributed by atoms with Gasteiger partial charge in [0.25, 0.3) is 0 Å². The first-order chi connectivity index (χ1) is 10.2. The second-order valence-corrected chi connectivity index (χ2v) is 5.21. The zero-order valence-corrected chi connectivity index (χ0v) is 12.3. The summed E-state index contributed by atoms with van der Waals surface area (Å²) in [7, 11) is 0. The molecule has 0 aliphatic carbocycles. The van der Waals surface area contributed by atoms with E-state index in [1.165, 1.54) is 6.33 Å². The lowest BCUT2D eigenvalue weighted by Gasteiger charge is -2.09. The quantitative estimate of drug-likeness (QED) is 0.847. The van der Waals surface area contributed by atoms with Crippen molar-refractivity contribution < 1.29 is 0 Å². The van der Waals surface area contributed by atoms with E-state index in [1.54, 1.807) is 12.1 Å². The number of hydrogen-bond donors (Lipinski definition) is 2. The Hall–Kier alpha value is -2.61. The fourth-order valence-electron chi connectivity index (χ4n) is 1.79. The lowest BCUT2D eigenvalue weighted by atomic mass is 10.1. The molecule has 1 heterocycles. The summed E-state index contributed by atoms with van der Waals surface area (Å²) in [6.07, 6.45) is 2.63. The van der Waals surface area contributed by atoms with E-state index in [2.05, 4.69) is 40.5 Å². The summed E-state index contributed by atoms with van der Waals surface area (Å²) in [5, 5.41) is 15.3. The van der Waals surface area contributed by atoms with Gasteiger partial charge < -0.3 is 10.6 Å². The first-order valence-corrected chi connectivity index (χ1v) is 7.00. The van der Waals surface area contributed by atoms with Gasteiger partial charge in [-0.2, -0.15) is 5.26 Å². The van der Waals surface area contributed by atoms with Crippen molar-refractivity contribution in [1.29, 1.82) is 5.26 Å². The van der Waals surface area contributed by atoms with Crippen molar-refractivity contribution >= 4 is 17.3 Å². The summed E-state index contributed by atoms with van der Waals surface area (Å²) in [4.78, 5) is 8.39. The van der Waals surface area contributed by atoms with Crippen molar-refractivity contribution in [3.05, 3.63) is 42.2 Å². The topological polar surface area (TPSA) is 73.6 Å². The average Bonchev–Trinajstić information content (AvgIpc) is 2.48. The van der Waals surface area contributed by atoms with Crippen molar-refractivity contribution in [2.75, 3.05) is 17.2 Å². The lowest BCUT2D eigenvalue weighted by molar-refractivity contribution is 0.606. The van der Waals surface area contributed by atoms with Crippen LogP contribution in [0.25, 0.3) is 0 Å². The minimum absolute atomic E-state index is 0.638. The molecule has 108 valence electrons. The Morgan fingerprint density at radius 3 is 2.52 bits per heavy atom. The highest BCUT2D eigenvalue weighted by Crippen LogP contribution is 2.16. The molecule has 0 fully saturated rings. The predicted molar refractivity (Wildman–Crippen MR) is 84.4 cm³/mol. The Balaban J connectivity index is 1.98. The van der Waals surface area contributed by atoms with E-state index < -0.39 is 0 Å². The number of nitrogens with one attached hydrogen (secondary N) is 2. The largest absolute Gasteiger partial charge is 0.370 e. The smallest absolute Gasteiger partial charge is 0.135 e. The minimum atomic E-state index is 0.638. The zero-order valence-electron chi connectivity index (χ0n) is 12.3. The summed E-state index contributed by atoms with van der Waals surface area (Å²) < 4.78 is 0. The van der Waals surface area contributed by atoms with Gasteiger partial charge in [-0.25, -0.2) is 9.97 Å². The van der Waals surface area contributed by atoms with Crippen LogP contribution >= 0.6 is 0 Å². The van der Waals surface area contributed by atoms with Gasteiger partial charge in [-0.15, -0.1) is 0 Å². The molecule has 0 unspecified atom stereocenters. The van der Waals surface area contributed by atoms with Crippen LogP contribution in [0.5, 0.6) is 0 Å². The highest BCUT2D eigenvalue weighted by molar-refractivity contribution is 5.59. The summed E-state index contributed by atoms with van der Waals surface area (Å²) in [6.45, 7) is 5.28. The third-order valence-electron chi connectivity index (χ3n) is 2.98. The van der Waals surface area contributed by atoms with E-state index in [9.17, 15) is 0 Å². The number of benzene rings is 1. The standard InChI is InChI=1S/C16H19N5/c1-12(2)7-8-18-15-9-16(20-11-19-15)21-14-5-3-13(10-17)4-6-14/h3-6,9,11-12H,7-8H2,1-2H3,(H2,18,19,20,21). The minimum Gasteiger partial charge on any atom is -0.370 e. The fourth-order valence-corrected chi connectivity index (χ4v) is 1.79. The first kappa shape index (κ1) is 14.8. The number of nitriles is 1. The number of anilines is 3. The van der Waals surface area contributed by atoms with Crippen LogP contribution in [0.15, 0.2) is 36.7 Å². The maximum atomic E-state index is 8.78. The summed E-state index contributed by atoms with van der Waals surface area (Å²) in [5.74, 6) is 2.19. The molecule has 5 nitrogen and oxygen atoms in total. The van der Waals surface area contributed by atoms with Gasteiger partial charge in [0, 0.05) is 18.3 Å². The molecule has 0 saturated carbocycles. The molecular weight excluding hydrogens is 262 g/mol. The molecule has 0 aliphatic heterocycles. The molecule has 5 heteroatoms. The Morgan fingerprint density at radius 2 is 1.86 bits per heavy atom.